The van der Waals surface area contributed by atoms with Crippen molar-refractivity contribution in [3.63, 3.8) is 0 Å². The van der Waals surface area contributed by atoms with Crippen LogP contribution in [0.3, 0.4) is 0 Å². The Labute approximate surface area is 185 Å². The van der Waals surface area contributed by atoms with Crippen LogP contribution in [0.5, 0.6) is 11.5 Å². The van der Waals surface area contributed by atoms with E-state index < -0.39 is 0 Å². The lowest BCUT2D eigenvalue weighted by atomic mass is 10.1. The highest BCUT2D eigenvalue weighted by molar-refractivity contribution is 6.01. The van der Waals surface area contributed by atoms with E-state index in [-0.39, 0.29) is 18.3 Å². The first-order valence-corrected chi connectivity index (χ1v) is 10.0. The quantitative estimate of drug-likeness (QED) is 0.320. The fourth-order valence-corrected chi connectivity index (χ4v) is 3.22. The van der Waals surface area contributed by atoms with Gasteiger partial charge in [-0.2, -0.15) is 5.10 Å². The molecule has 160 valence electrons. The molecular weight excluding hydrogens is 407 g/mol. The monoisotopic (exact) mass is 428 g/mol. The molecule has 0 unspecified atom stereocenters. The maximum atomic E-state index is 13.7. The lowest BCUT2D eigenvalue weighted by Crippen LogP contribution is -2.18. The van der Waals surface area contributed by atoms with Crippen molar-refractivity contribution in [3.8, 4) is 11.5 Å². The average molecular weight is 428 g/mol. The molecule has 0 aliphatic carbocycles. The number of fused-ring (bicyclic) bond motifs is 1. The van der Waals surface area contributed by atoms with Crippen LogP contribution in [0, 0.1) is 5.82 Å². The van der Waals surface area contributed by atoms with Crippen LogP contribution in [-0.4, -0.2) is 19.2 Å². The molecule has 0 aliphatic heterocycles. The molecule has 4 aromatic carbocycles. The standard InChI is InChI=1S/C26H21FN2O3/c1-31-25-15-20-7-3-2-6-19(20)14-23(25)26(30)29-28-16-18-10-12-22(13-11-18)32-17-21-8-4-5-9-24(21)27/h2-16H,17H2,1H3,(H,29,30). The Morgan fingerprint density at radius 2 is 1.66 bits per heavy atom. The van der Waals surface area contributed by atoms with Crippen molar-refractivity contribution in [1.82, 2.24) is 5.43 Å². The molecule has 0 saturated heterocycles. The highest BCUT2D eigenvalue weighted by atomic mass is 19.1. The summed E-state index contributed by atoms with van der Waals surface area (Å²) in [5, 5.41) is 5.96. The number of carbonyl (C=O) groups excluding carboxylic acids is 1. The predicted octanol–water partition coefficient (Wildman–Crippen LogP) is 5.33. The summed E-state index contributed by atoms with van der Waals surface area (Å²) in [5.74, 6) is 0.423. The van der Waals surface area contributed by atoms with Gasteiger partial charge in [-0.15, -0.1) is 0 Å². The van der Waals surface area contributed by atoms with Crippen LogP contribution in [0.15, 0.2) is 90.0 Å². The van der Waals surface area contributed by atoms with E-state index in [4.69, 9.17) is 9.47 Å². The van der Waals surface area contributed by atoms with Gasteiger partial charge in [-0.25, -0.2) is 9.82 Å². The van der Waals surface area contributed by atoms with E-state index in [1.165, 1.54) is 19.4 Å². The summed E-state index contributed by atoms with van der Waals surface area (Å²) >= 11 is 0. The van der Waals surface area contributed by atoms with E-state index in [0.29, 0.717) is 22.6 Å². The van der Waals surface area contributed by atoms with E-state index in [1.807, 2.05) is 30.3 Å². The van der Waals surface area contributed by atoms with Gasteiger partial charge in [-0.3, -0.25) is 4.79 Å². The van der Waals surface area contributed by atoms with E-state index in [1.54, 1.807) is 48.5 Å². The van der Waals surface area contributed by atoms with Gasteiger partial charge < -0.3 is 9.47 Å². The SMILES string of the molecule is COc1cc2ccccc2cc1C(=O)NN=Cc1ccc(OCc2ccccc2F)cc1. The van der Waals surface area contributed by atoms with Gasteiger partial charge >= 0.3 is 0 Å². The second-order valence-corrected chi connectivity index (χ2v) is 7.05. The zero-order valence-electron chi connectivity index (χ0n) is 17.4. The minimum atomic E-state index is -0.367. The maximum Gasteiger partial charge on any atom is 0.275 e. The molecule has 0 saturated carbocycles. The molecule has 5 nitrogen and oxygen atoms in total. The summed E-state index contributed by atoms with van der Waals surface area (Å²) in [7, 11) is 1.53. The van der Waals surface area contributed by atoms with E-state index >= 15 is 0 Å². The van der Waals surface area contributed by atoms with Gasteiger partial charge in [-0.1, -0.05) is 42.5 Å². The lowest BCUT2D eigenvalue weighted by molar-refractivity contribution is 0.0952. The molecule has 32 heavy (non-hydrogen) atoms. The zero-order chi connectivity index (χ0) is 22.3. The summed E-state index contributed by atoms with van der Waals surface area (Å²) in [6.45, 7) is 0.143. The van der Waals surface area contributed by atoms with Crippen LogP contribution in [0.25, 0.3) is 10.8 Å². The van der Waals surface area contributed by atoms with Crippen molar-refractivity contribution in [2.45, 2.75) is 6.61 Å². The molecule has 0 aromatic heterocycles. The van der Waals surface area contributed by atoms with Crippen molar-refractivity contribution in [2.75, 3.05) is 7.11 Å². The topological polar surface area (TPSA) is 59.9 Å². The van der Waals surface area contributed by atoms with Gasteiger partial charge in [0.1, 0.15) is 23.9 Å². The molecule has 0 radical (unpaired) electrons. The molecule has 0 spiro atoms. The second-order valence-electron chi connectivity index (χ2n) is 7.05. The maximum absolute atomic E-state index is 13.7. The van der Waals surface area contributed by atoms with Gasteiger partial charge in [0.25, 0.3) is 5.91 Å². The fraction of sp³-hybridized carbons (Fsp3) is 0.0769. The first kappa shape index (κ1) is 21.1. The number of nitrogens with one attached hydrogen (secondary N) is 1. The third-order valence-corrected chi connectivity index (χ3v) is 4.92. The molecular formula is C26H21FN2O3. The number of hydrogen-bond acceptors (Lipinski definition) is 4. The summed E-state index contributed by atoms with van der Waals surface area (Å²) in [6, 6.07) is 25.0. The van der Waals surface area contributed by atoms with E-state index in [2.05, 4.69) is 10.5 Å². The van der Waals surface area contributed by atoms with Crippen LogP contribution in [-0.2, 0) is 6.61 Å². The Morgan fingerprint density at radius 1 is 0.969 bits per heavy atom. The first-order valence-electron chi connectivity index (χ1n) is 10.0. The summed E-state index contributed by atoms with van der Waals surface area (Å²) in [6.07, 6.45) is 1.53. The molecule has 1 N–H and O–H groups in total. The highest BCUT2D eigenvalue weighted by Gasteiger charge is 2.13. The number of methoxy groups -OCH3 is 1. The minimum absolute atomic E-state index is 0.143. The number of rotatable bonds is 7. The number of nitrogens with zero attached hydrogens (tertiary/aromatic N) is 1. The van der Waals surface area contributed by atoms with Gasteiger partial charge in [0, 0.05) is 5.56 Å². The van der Waals surface area contributed by atoms with Crippen molar-refractivity contribution in [2.24, 2.45) is 5.10 Å². The largest absolute Gasteiger partial charge is 0.496 e. The molecule has 0 fully saturated rings. The lowest BCUT2D eigenvalue weighted by Gasteiger charge is -2.09. The smallest absolute Gasteiger partial charge is 0.275 e. The number of carbonyl (C=O) groups is 1. The van der Waals surface area contributed by atoms with Crippen molar-refractivity contribution >= 4 is 22.9 Å². The molecule has 0 aliphatic rings. The molecule has 0 bridgehead atoms. The molecule has 4 rings (SSSR count). The number of benzene rings is 4. The number of hydrogen-bond donors (Lipinski definition) is 1. The Kier molecular flexibility index (Phi) is 6.41. The Morgan fingerprint density at radius 3 is 2.38 bits per heavy atom. The summed E-state index contributed by atoms with van der Waals surface area (Å²) in [4.78, 5) is 12.6. The van der Waals surface area contributed by atoms with Crippen LogP contribution < -0.4 is 14.9 Å². The first-order chi connectivity index (χ1) is 15.6. The number of ether oxygens (including phenoxy) is 2. The van der Waals surface area contributed by atoms with Gasteiger partial charge in [0.15, 0.2) is 0 Å². The summed E-state index contributed by atoms with van der Waals surface area (Å²) in [5.41, 5.74) is 4.20. The fourth-order valence-electron chi connectivity index (χ4n) is 3.22. The number of halogens is 1. The minimum Gasteiger partial charge on any atom is -0.496 e. The van der Waals surface area contributed by atoms with Crippen LogP contribution in [0.1, 0.15) is 21.5 Å². The Bertz CT molecular complexity index is 1270. The summed E-state index contributed by atoms with van der Waals surface area (Å²) < 4.78 is 24.7. The normalized spacial score (nSPS) is 10.9. The Hall–Kier alpha value is -4.19. The van der Waals surface area contributed by atoms with Crippen molar-refractivity contribution in [1.29, 1.82) is 0 Å². The molecule has 0 heterocycles. The van der Waals surface area contributed by atoms with E-state index in [9.17, 15) is 9.18 Å². The average Bonchev–Trinajstić information content (AvgIpc) is 2.83. The molecule has 4 aromatic rings. The molecule has 0 atom stereocenters. The predicted molar refractivity (Wildman–Crippen MR) is 123 cm³/mol. The molecule has 6 heteroatoms. The van der Waals surface area contributed by atoms with Crippen molar-refractivity contribution < 1.29 is 18.7 Å². The number of amides is 1. The van der Waals surface area contributed by atoms with Gasteiger partial charge in [-0.05, 0) is 58.8 Å². The highest BCUT2D eigenvalue weighted by Crippen LogP contribution is 2.26. The Balaban J connectivity index is 1.38. The van der Waals surface area contributed by atoms with E-state index in [0.717, 1.165) is 16.3 Å². The third kappa shape index (κ3) is 4.92. The number of hydrazone groups is 1. The van der Waals surface area contributed by atoms with Crippen LogP contribution in [0.4, 0.5) is 4.39 Å². The molecule has 1 amide bonds. The van der Waals surface area contributed by atoms with Crippen LogP contribution in [0.2, 0.25) is 0 Å². The zero-order valence-corrected chi connectivity index (χ0v) is 17.4. The van der Waals surface area contributed by atoms with Gasteiger partial charge in [0.2, 0.25) is 0 Å². The van der Waals surface area contributed by atoms with Crippen molar-refractivity contribution in [3.05, 3.63) is 107 Å². The van der Waals surface area contributed by atoms with Gasteiger partial charge in [0.05, 0.1) is 18.9 Å². The van der Waals surface area contributed by atoms with Crippen LogP contribution >= 0.6 is 0 Å². The third-order valence-electron chi connectivity index (χ3n) is 4.92. The second kappa shape index (κ2) is 9.75.